The van der Waals surface area contributed by atoms with E-state index in [4.69, 9.17) is 4.74 Å². The second-order valence-corrected chi connectivity index (χ2v) is 5.97. The fourth-order valence-corrected chi connectivity index (χ4v) is 3.48. The molecule has 2 amide bonds. The van der Waals surface area contributed by atoms with Crippen molar-refractivity contribution in [2.24, 2.45) is 5.92 Å². The van der Waals surface area contributed by atoms with Crippen LogP contribution >= 0.6 is 0 Å². The number of carbonyl (C=O) groups is 2. The number of rotatable bonds is 4. The highest BCUT2D eigenvalue weighted by molar-refractivity contribution is 5.81. The van der Waals surface area contributed by atoms with Crippen molar-refractivity contribution in [1.82, 2.24) is 9.80 Å². The zero-order valence-electron chi connectivity index (χ0n) is 11.5. The largest absolute Gasteiger partial charge is 0.375 e. The minimum atomic E-state index is 0.0655. The Morgan fingerprint density at radius 1 is 1.26 bits per heavy atom. The Morgan fingerprint density at radius 3 is 2.74 bits per heavy atom. The molecule has 0 aromatic carbocycles. The van der Waals surface area contributed by atoms with Gasteiger partial charge >= 0.3 is 0 Å². The first kappa shape index (κ1) is 12.9. The van der Waals surface area contributed by atoms with E-state index in [2.05, 4.69) is 4.90 Å². The fourth-order valence-electron chi connectivity index (χ4n) is 3.48. The summed E-state index contributed by atoms with van der Waals surface area (Å²) in [5.74, 6) is 1.07. The van der Waals surface area contributed by atoms with Crippen LogP contribution in [0.15, 0.2) is 0 Å². The summed E-state index contributed by atoms with van der Waals surface area (Å²) in [5.41, 5.74) is 0. The van der Waals surface area contributed by atoms with E-state index in [0.717, 1.165) is 25.9 Å². The lowest BCUT2D eigenvalue weighted by Crippen LogP contribution is -2.54. The lowest BCUT2D eigenvalue weighted by atomic mass is 9.96. The summed E-state index contributed by atoms with van der Waals surface area (Å²) in [7, 11) is 1.55. The van der Waals surface area contributed by atoms with E-state index < -0.39 is 0 Å². The van der Waals surface area contributed by atoms with Gasteiger partial charge in [-0.05, 0) is 31.6 Å². The van der Waals surface area contributed by atoms with Gasteiger partial charge in [0.1, 0.15) is 6.61 Å². The molecule has 5 heteroatoms. The average Bonchev–Trinajstić information content (AvgIpc) is 3.10. The molecule has 0 aromatic rings. The van der Waals surface area contributed by atoms with E-state index in [0.29, 0.717) is 12.3 Å². The zero-order chi connectivity index (χ0) is 13.4. The SMILES string of the molecule is COCC(=O)N1CC[C@@H]2[C@H]1CCC(=O)N2CC1CC1. The molecule has 3 aliphatic rings. The Labute approximate surface area is 113 Å². The van der Waals surface area contributed by atoms with Crippen LogP contribution in [0.5, 0.6) is 0 Å². The number of hydrogen-bond donors (Lipinski definition) is 0. The van der Waals surface area contributed by atoms with Crippen molar-refractivity contribution < 1.29 is 14.3 Å². The van der Waals surface area contributed by atoms with E-state index in [1.54, 1.807) is 7.11 Å². The van der Waals surface area contributed by atoms with Crippen molar-refractivity contribution in [2.45, 2.75) is 44.2 Å². The topological polar surface area (TPSA) is 49.9 Å². The van der Waals surface area contributed by atoms with Crippen LogP contribution in [-0.4, -0.2) is 60.5 Å². The third kappa shape index (κ3) is 2.48. The monoisotopic (exact) mass is 266 g/mol. The second kappa shape index (κ2) is 5.12. The van der Waals surface area contributed by atoms with Gasteiger partial charge in [0.05, 0.1) is 12.1 Å². The van der Waals surface area contributed by atoms with Crippen LogP contribution in [0.25, 0.3) is 0 Å². The number of carbonyl (C=O) groups excluding carboxylic acids is 2. The maximum atomic E-state index is 12.1. The van der Waals surface area contributed by atoms with E-state index in [-0.39, 0.29) is 30.5 Å². The van der Waals surface area contributed by atoms with Gasteiger partial charge in [0.15, 0.2) is 0 Å². The summed E-state index contributed by atoms with van der Waals surface area (Å²) >= 11 is 0. The Hall–Kier alpha value is -1.10. The van der Waals surface area contributed by atoms with Crippen LogP contribution in [0.4, 0.5) is 0 Å². The molecule has 2 atom stereocenters. The van der Waals surface area contributed by atoms with Crippen LogP contribution in [0.3, 0.4) is 0 Å². The number of piperidine rings is 1. The highest BCUT2D eigenvalue weighted by atomic mass is 16.5. The summed E-state index contributed by atoms with van der Waals surface area (Å²) in [6.45, 7) is 1.83. The molecule has 2 saturated heterocycles. The van der Waals surface area contributed by atoms with Gasteiger partial charge in [-0.25, -0.2) is 0 Å². The molecule has 3 fully saturated rings. The van der Waals surface area contributed by atoms with Crippen LogP contribution < -0.4 is 0 Å². The smallest absolute Gasteiger partial charge is 0.248 e. The van der Waals surface area contributed by atoms with Gasteiger partial charge in [-0.3, -0.25) is 9.59 Å². The fraction of sp³-hybridized carbons (Fsp3) is 0.857. The number of amides is 2. The normalized spacial score (nSPS) is 30.7. The van der Waals surface area contributed by atoms with Crippen molar-refractivity contribution in [3.63, 3.8) is 0 Å². The number of fused-ring (bicyclic) bond motifs is 1. The van der Waals surface area contributed by atoms with E-state index in [1.807, 2.05) is 4.90 Å². The number of nitrogens with zero attached hydrogens (tertiary/aromatic N) is 2. The molecular weight excluding hydrogens is 244 g/mol. The maximum Gasteiger partial charge on any atom is 0.248 e. The zero-order valence-corrected chi connectivity index (χ0v) is 11.5. The second-order valence-electron chi connectivity index (χ2n) is 5.97. The predicted molar refractivity (Wildman–Crippen MR) is 69.5 cm³/mol. The average molecular weight is 266 g/mol. The number of ether oxygens (including phenoxy) is 1. The van der Waals surface area contributed by atoms with Crippen molar-refractivity contribution in [1.29, 1.82) is 0 Å². The van der Waals surface area contributed by atoms with Crippen LogP contribution in [0.1, 0.15) is 32.1 Å². The number of hydrogen-bond acceptors (Lipinski definition) is 3. The molecule has 1 saturated carbocycles. The Bertz CT molecular complexity index is 381. The highest BCUT2D eigenvalue weighted by Crippen LogP contribution is 2.36. The molecule has 0 spiro atoms. The Balaban J connectivity index is 1.69. The van der Waals surface area contributed by atoms with Crippen molar-refractivity contribution in [2.75, 3.05) is 26.8 Å². The van der Waals surface area contributed by atoms with Gasteiger partial charge in [0.2, 0.25) is 11.8 Å². The molecule has 3 rings (SSSR count). The first-order chi connectivity index (χ1) is 9.20. The summed E-state index contributed by atoms with van der Waals surface area (Å²) in [6.07, 6.45) is 4.85. The molecule has 106 valence electrons. The van der Waals surface area contributed by atoms with E-state index in [1.165, 1.54) is 12.8 Å². The van der Waals surface area contributed by atoms with Gasteiger partial charge < -0.3 is 14.5 Å². The van der Waals surface area contributed by atoms with Gasteiger partial charge in [-0.15, -0.1) is 0 Å². The van der Waals surface area contributed by atoms with Crippen LogP contribution in [-0.2, 0) is 14.3 Å². The molecule has 1 aliphatic carbocycles. The van der Waals surface area contributed by atoms with Gasteiger partial charge in [0, 0.05) is 26.6 Å². The molecule has 5 nitrogen and oxygen atoms in total. The van der Waals surface area contributed by atoms with Gasteiger partial charge in [-0.2, -0.15) is 0 Å². The molecular formula is C14H22N2O3. The summed E-state index contributed by atoms with van der Waals surface area (Å²) < 4.78 is 4.95. The predicted octanol–water partition coefficient (Wildman–Crippen LogP) is 0.635. The Morgan fingerprint density at radius 2 is 2.05 bits per heavy atom. The molecule has 2 aliphatic heterocycles. The molecule has 2 heterocycles. The first-order valence-electron chi connectivity index (χ1n) is 7.28. The van der Waals surface area contributed by atoms with Crippen LogP contribution in [0, 0.1) is 5.92 Å². The minimum absolute atomic E-state index is 0.0655. The van der Waals surface area contributed by atoms with Crippen molar-refractivity contribution >= 4 is 11.8 Å². The molecule has 0 N–H and O–H groups in total. The summed E-state index contributed by atoms with van der Waals surface area (Å²) in [4.78, 5) is 28.1. The summed E-state index contributed by atoms with van der Waals surface area (Å²) in [5, 5.41) is 0. The quantitative estimate of drug-likeness (QED) is 0.750. The van der Waals surface area contributed by atoms with E-state index >= 15 is 0 Å². The molecule has 0 aromatic heterocycles. The van der Waals surface area contributed by atoms with Gasteiger partial charge in [0.25, 0.3) is 0 Å². The Kier molecular flexibility index (Phi) is 3.48. The number of methoxy groups -OCH3 is 1. The molecule has 0 unspecified atom stereocenters. The molecule has 0 radical (unpaired) electrons. The third-order valence-corrected chi connectivity index (χ3v) is 4.62. The van der Waals surface area contributed by atoms with Crippen LogP contribution in [0.2, 0.25) is 0 Å². The molecule has 19 heavy (non-hydrogen) atoms. The third-order valence-electron chi connectivity index (χ3n) is 4.62. The van der Waals surface area contributed by atoms with Gasteiger partial charge in [-0.1, -0.05) is 0 Å². The lowest BCUT2D eigenvalue weighted by molar-refractivity contribution is -0.143. The first-order valence-corrected chi connectivity index (χ1v) is 7.28. The lowest BCUT2D eigenvalue weighted by Gasteiger charge is -2.39. The highest BCUT2D eigenvalue weighted by Gasteiger charge is 2.45. The molecule has 0 bridgehead atoms. The maximum absolute atomic E-state index is 12.1. The van der Waals surface area contributed by atoms with E-state index in [9.17, 15) is 9.59 Å². The standard InChI is InChI=1S/C14H22N2O3/c1-19-9-14(18)15-7-6-12-11(15)4-5-13(17)16(12)8-10-2-3-10/h10-12H,2-9H2,1H3/t11-,12-/m1/s1. The van der Waals surface area contributed by atoms with Crippen molar-refractivity contribution in [3.05, 3.63) is 0 Å². The minimum Gasteiger partial charge on any atom is -0.375 e. The van der Waals surface area contributed by atoms with Crippen molar-refractivity contribution in [3.8, 4) is 0 Å². The summed E-state index contributed by atoms with van der Waals surface area (Å²) in [6, 6.07) is 0.474. The number of likely N-dealkylation sites (tertiary alicyclic amines) is 2.